The zero-order valence-corrected chi connectivity index (χ0v) is 17.6. The van der Waals surface area contributed by atoms with E-state index >= 15 is 0 Å². The molecule has 0 saturated carbocycles. The second-order valence-electron chi connectivity index (χ2n) is 5.74. The maximum atomic E-state index is 10.3. The quantitative estimate of drug-likeness (QED) is 0.249. The monoisotopic (exact) mass is 414 g/mol. The van der Waals surface area contributed by atoms with Crippen LogP contribution in [0.15, 0.2) is 133 Å². The van der Waals surface area contributed by atoms with Gasteiger partial charge in [-0.15, -0.1) is 41.2 Å². The molecule has 0 spiro atoms. The number of para-hydroxylation sites is 2. The Kier molecular flexibility index (Phi) is 12.3. The molecule has 0 saturated heterocycles. The van der Waals surface area contributed by atoms with Crippen LogP contribution in [0.3, 0.4) is 0 Å². The Balaban J connectivity index is 0.000000195. The van der Waals surface area contributed by atoms with Crippen LogP contribution in [0.25, 0.3) is 10.8 Å². The van der Waals surface area contributed by atoms with Gasteiger partial charge in [0.1, 0.15) is 0 Å². The standard InChI is InChI=1S/C9H7.2C6H6O.C5H5.Ti/c1-2-5-9-7-3-6-8(9)4-1;2*7-6-4-2-1-3-5-6;1-2-4-5-3-1;/h1-7H;2*1-5,7H;1-5H;/q-1;;;-1;+4/p-2. The van der Waals surface area contributed by atoms with Gasteiger partial charge >= 0.3 is 21.7 Å². The second kappa shape index (κ2) is 14.9. The van der Waals surface area contributed by atoms with E-state index in [0.29, 0.717) is 0 Å². The van der Waals surface area contributed by atoms with Crippen molar-refractivity contribution in [2.24, 2.45) is 0 Å². The van der Waals surface area contributed by atoms with Gasteiger partial charge in [0, 0.05) is 0 Å². The minimum atomic E-state index is 0. The average Bonchev–Trinajstić information content (AvgIpc) is 3.45. The number of benzene rings is 3. The molecule has 5 aromatic rings. The number of fused-ring (bicyclic) bond motifs is 1. The topological polar surface area (TPSA) is 46.1 Å². The van der Waals surface area contributed by atoms with Gasteiger partial charge in [-0.25, -0.2) is 12.1 Å². The summed E-state index contributed by atoms with van der Waals surface area (Å²) >= 11 is 0. The van der Waals surface area contributed by atoms with Crippen LogP contribution in [0.2, 0.25) is 0 Å². The van der Waals surface area contributed by atoms with E-state index in [1.165, 1.54) is 35.0 Å². The third-order valence-electron chi connectivity index (χ3n) is 3.59. The maximum absolute atomic E-state index is 10.3. The molecule has 0 bridgehead atoms. The normalized spacial score (nSPS) is 8.69. The molecule has 0 fully saturated rings. The molecule has 0 heterocycles. The van der Waals surface area contributed by atoms with Gasteiger partial charge in [0.2, 0.25) is 0 Å². The minimum Gasteiger partial charge on any atom is -0.872 e. The molecule has 0 N–H and O–H groups in total. The summed E-state index contributed by atoms with van der Waals surface area (Å²) in [4.78, 5) is 0. The molecule has 0 amide bonds. The summed E-state index contributed by atoms with van der Waals surface area (Å²) in [5, 5.41) is 23.2. The van der Waals surface area contributed by atoms with Crippen LogP contribution >= 0.6 is 0 Å². The first-order chi connectivity index (χ1) is 13.8. The largest absolute Gasteiger partial charge is 4.00 e. The summed E-state index contributed by atoms with van der Waals surface area (Å²) in [6.07, 6.45) is 0. The first-order valence-corrected chi connectivity index (χ1v) is 8.97. The summed E-state index contributed by atoms with van der Waals surface area (Å²) in [7, 11) is 0. The summed E-state index contributed by atoms with van der Waals surface area (Å²) in [5.74, 6) is 0.144. The Morgan fingerprint density at radius 3 is 1.34 bits per heavy atom. The smallest absolute Gasteiger partial charge is 0.872 e. The van der Waals surface area contributed by atoms with Crippen molar-refractivity contribution in [3.8, 4) is 11.5 Å². The summed E-state index contributed by atoms with van der Waals surface area (Å²) < 4.78 is 0. The first kappa shape index (κ1) is 24.0. The van der Waals surface area contributed by atoms with Crippen LogP contribution in [-0.2, 0) is 21.7 Å². The maximum Gasteiger partial charge on any atom is 4.00 e. The van der Waals surface area contributed by atoms with E-state index in [1.807, 2.05) is 42.5 Å². The molecule has 3 heteroatoms. The number of hydrogen-bond donors (Lipinski definition) is 0. The fraction of sp³-hybridized carbons (Fsp3) is 0. The number of hydrogen-bond acceptors (Lipinski definition) is 2. The first-order valence-electron chi connectivity index (χ1n) is 8.97. The third-order valence-corrected chi connectivity index (χ3v) is 3.59. The fourth-order valence-electron chi connectivity index (χ4n) is 2.23. The predicted molar refractivity (Wildman–Crippen MR) is 113 cm³/mol. The van der Waals surface area contributed by atoms with E-state index in [2.05, 4.69) is 42.5 Å². The minimum absolute atomic E-state index is 0. The van der Waals surface area contributed by atoms with Gasteiger partial charge in [-0.3, -0.25) is 0 Å². The van der Waals surface area contributed by atoms with Gasteiger partial charge < -0.3 is 10.2 Å². The Labute approximate surface area is 187 Å². The Hall–Kier alpha value is -3.07. The molecule has 2 nitrogen and oxygen atoms in total. The molecule has 5 aromatic carbocycles. The van der Waals surface area contributed by atoms with E-state index in [-0.39, 0.29) is 33.2 Å². The predicted octanol–water partition coefficient (Wildman–Crippen LogP) is 5.48. The molecule has 0 aromatic heterocycles. The van der Waals surface area contributed by atoms with Gasteiger partial charge in [-0.1, -0.05) is 66.7 Å². The number of rotatable bonds is 0. The third kappa shape index (κ3) is 10.7. The van der Waals surface area contributed by atoms with Gasteiger partial charge in [-0.05, 0) is 0 Å². The molecule has 0 aliphatic rings. The van der Waals surface area contributed by atoms with E-state index in [0.717, 1.165) is 0 Å². The Morgan fingerprint density at radius 1 is 0.483 bits per heavy atom. The summed E-state index contributed by atoms with van der Waals surface area (Å²) in [5.41, 5.74) is 0. The van der Waals surface area contributed by atoms with Crippen molar-refractivity contribution < 1.29 is 31.9 Å². The van der Waals surface area contributed by atoms with Crippen molar-refractivity contribution in [2.45, 2.75) is 0 Å². The molecule has 0 radical (unpaired) electrons. The molecule has 0 unspecified atom stereocenters. The molecule has 142 valence electrons. The van der Waals surface area contributed by atoms with Gasteiger partial charge in [-0.2, -0.15) is 35.7 Å². The van der Waals surface area contributed by atoms with Gasteiger partial charge in [0.25, 0.3) is 0 Å². The molecule has 0 aliphatic heterocycles. The van der Waals surface area contributed by atoms with Crippen LogP contribution in [-0.4, -0.2) is 0 Å². The fourth-order valence-corrected chi connectivity index (χ4v) is 2.23. The Morgan fingerprint density at radius 2 is 0.966 bits per heavy atom. The van der Waals surface area contributed by atoms with Crippen molar-refractivity contribution in [3.63, 3.8) is 0 Å². The summed E-state index contributed by atoms with van der Waals surface area (Å²) in [6, 6.07) is 41.3. The van der Waals surface area contributed by atoms with E-state index in [4.69, 9.17) is 0 Å². The van der Waals surface area contributed by atoms with Crippen molar-refractivity contribution in [1.29, 1.82) is 0 Å². The van der Waals surface area contributed by atoms with Crippen molar-refractivity contribution in [3.05, 3.63) is 133 Å². The van der Waals surface area contributed by atoms with Crippen LogP contribution in [0.4, 0.5) is 0 Å². The van der Waals surface area contributed by atoms with E-state index < -0.39 is 0 Å². The second-order valence-corrected chi connectivity index (χ2v) is 5.74. The molecule has 0 atom stereocenters. The van der Waals surface area contributed by atoms with Crippen LogP contribution in [0.1, 0.15) is 0 Å². The van der Waals surface area contributed by atoms with Crippen LogP contribution in [0.5, 0.6) is 11.5 Å². The zero-order chi connectivity index (χ0) is 19.9. The van der Waals surface area contributed by atoms with Crippen molar-refractivity contribution in [2.75, 3.05) is 0 Å². The SMILES string of the molecule is [O-]c1ccccc1.[O-]c1ccccc1.[Ti+4].c1cc[cH-]c1.c1ccc2[cH-]ccc2c1. The average molecular weight is 414 g/mol. The van der Waals surface area contributed by atoms with Gasteiger partial charge in [0.15, 0.2) is 0 Å². The molecule has 29 heavy (non-hydrogen) atoms. The molecular formula is C26H22O2Ti. The van der Waals surface area contributed by atoms with Gasteiger partial charge in [0.05, 0.1) is 0 Å². The van der Waals surface area contributed by atoms with Crippen LogP contribution in [0, 0.1) is 0 Å². The van der Waals surface area contributed by atoms with Crippen molar-refractivity contribution in [1.82, 2.24) is 0 Å². The zero-order valence-electron chi connectivity index (χ0n) is 16.0. The Bertz CT molecular complexity index is 890. The van der Waals surface area contributed by atoms with Crippen molar-refractivity contribution >= 4 is 10.8 Å². The van der Waals surface area contributed by atoms with E-state index in [9.17, 15) is 10.2 Å². The van der Waals surface area contributed by atoms with Crippen LogP contribution < -0.4 is 10.2 Å². The molecule has 5 rings (SSSR count). The molecular weight excluding hydrogens is 392 g/mol. The van der Waals surface area contributed by atoms with E-state index in [1.54, 1.807) is 24.3 Å². The summed E-state index contributed by atoms with van der Waals surface area (Å²) in [6.45, 7) is 0. The molecule has 0 aliphatic carbocycles.